The minimum absolute atomic E-state index is 0.214. The first-order chi connectivity index (χ1) is 15.4. The first-order valence-electron chi connectivity index (χ1n) is 9.28. The van der Waals surface area contributed by atoms with Gasteiger partial charge in [0, 0.05) is 23.4 Å². The number of thioether (sulfide) groups is 1. The number of ether oxygens (including phenoxy) is 3. The molecule has 2 heterocycles. The van der Waals surface area contributed by atoms with E-state index in [9.17, 15) is 0 Å². The van der Waals surface area contributed by atoms with Crippen LogP contribution < -0.4 is 36.3 Å². The number of halogens is 1. The molecule has 10 nitrogen and oxygen atoms in total. The number of aromatic nitrogens is 2. The maximum atomic E-state index is 6.45. The summed E-state index contributed by atoms with van der Waals surface area (Å²) < 4.78 is 21.7. The Kier molecular flexibility index (Phi) is 5.96. The van der Waals surface area contributed by atoms with Gasteiger partial charge in [-0.1, -0.05) is 28.5 Å². The molecule has 0 fully saturated rings. The van der Waals surface area contributed by atoms with E-state index in [0.717, 1.165) is 0 Å². The molecule has 168 valence electrons. The summed E-state index contributed by atoms with van der Waals surface area (Å²) >= 11 is 7.53. The summed E-state index contributed by atoms with van der Waals surface area (Å²) in [6, 6.07) is 8.54. The molecule has 3 aromatic rings. The van der Waals surface area contributed by atoms with Crippen molar-refractivity contribution in [3.05, 3.63) is 47.1 Å². The number of benzene rings is 2. The van der Waals surface area contributed by atoms with Gasteiger partial charge in [-0.3, -0.25) is 0 Å². The second kappa shape index (κ2) is 8.69. The van der Waals surface area contributed by atoms with Crippen molar-refractivity contribution in [2.45, 2.75) is 5.50 Å². The van der Waals surface area contributed by atoms with E-state index in [1.54, 1.807) is 35.2 Å². The van der Waals surface area contributed by atoms with Gasteiger partial charge < -0.3 is 40.8 Å². The Morgan fingerprint density at radius 3 is 2.38 bits per heavy atom. The van der Waals surface area contributed by atoms with Crippen molar-refractivity contribution in [3.8, 4) is 28.6 Å². The summed E-state index contributed by atoms with van der Waals surface area (Å²) in [5.41, 5.74) is 19.8. The van der Waals surface area contributed by atoms with E-state index >= 15 is 0 Å². The number of hydrogen-bond acceptors (Lipinski definition) is 11. The molecule has 0 saturated carbocycles. The number of anilines is 2. The molecule has 0 spiro atoms. The number of rotatable bonds is 6. The summed E-state index contributed by atoms with van der Waals surface area (Å²) in [6.07, 6.45) is 0. The monoisotopic (exact) mass is 476 g/mol. The van der Waals surface area contributed by atoms with Gasteiger partial charge in [-0.2, -0.15) is 4.98 Å². The normalized spacial score (nSPS) is 15.9. The zero-order chi connectivity index (χ0) is 23.0. The molecule has 12 heteroatoms. The van der Waals surface area contributed by atoms with Crippen LogP contribution in [0.15, 0.2) is 40.7 Å². The first-order valence-corrected chi connectivity index (χ1v) is 10.5. The summed E-state index contributed by atoms with van der Waals surface area (Å²) in [5, 5.41) is 4.47. The zero-order valence-corrected chi connectivity index (χ0v) is 19.0. The molecule has 1 aromatic heterocycles. The van der Waals surface area contributed by atoms with Gasteiger partial charge in [0.25, 0.3) is 5.89 Å². The van der Waals surface area contributed by atoms with Gasteiger partial charge in [-0.15, -0.1) is 0 Å². The van der Waals surface area contributed by atoms with Crippen LogP contribution >= 0.6 is 23.4 Å². The molecule has 32 heavy (non-hydrogen) atoms. The number of nitrogen functional groups attached to an aromatic ring is 1. The van der Waals surface area contributed by atoms with Crippen molar-refractivity contribution in [2.24, 2.45) is 11.5 Å². The second-order valence-electron chi connectivity index (χ2n) is 6.64. The molecule has 1 aliphatic rings. The molecule has 1 aliphatic heterocycles. The van der Waals surface area contributed by atoms with Gasteiger partial charge >= 0.3 is 0 Å². The highest BCUT2D eigenvalue weighted by Gasteiger charge is 2.35. The SMILES string of the molecule is COc1cc(N2C(N)=C(c3nc(-c4cc(N)ccc4Cl)no3)SC2N)cc(OC)c1OC. The maximum absolute atomic E-state index is 6.45. The van der Waals surface area contributed by atoms with Crippen LogP contribution in [0.5, 0.6) is 17.2 Å². The fourth-order valence-corrected chi connectivity index (χ4v) is 4.46. The van der Waals surface area contributed by atoms with Crippen LogP contribution in [-0.4, -0.2) is 37.0 Å². The van der Waals surface area contributed by atoms with Crippen LogP contribution in [0.1, 0.15) is 5.89 Å². The lowest BCUT2D eigenvalue weighted by atomic mass is 10.2. The zero-order valence-electron chi connectivity index (χ0n) is 17.5. The van der Waals surface area contributed by atoms with Crippen molar-refractivity contribution in [2.75, 3.05) is 32.0 Å². The molecule has 0 saturated heterocycles. The van der Waals surface area contributed by atoms with Gasteiger partial charge in [0.1, 0.15) is 16.2 Å². The summed E-state index contributed by atoms with van der Waals surface area (Å²) in [7, 11) is 4.60. The van der Waals surface area contributed by atoms with Crippen LogP contribution in [0.2, 0.25) is 5.02 Å². The molecule has 0 radical (unpaired) electrons. The Bertz CT molecular complexity index is 1180. The van der Waals surface area contributed by atoms with Gasteiger partial charge in [0.15, 0.2) is 11.5 Å². The summed E-state index contributed by atoms with van der Waals surface area (Å²) in [5.74, 6) is 2.24. The summed E-state index contributed by atoms with van der Waals surface area (Å²) in [6.45, 7) is 0. The highest BCUT2D eigenvalue weighted by molar-refractivity contribution is 8.09. The Morgan fingerprint density at radius 1 is 1.06 bits per heavy atom. The molecule has 1 atom stereocenters. The molecule has 1 unspecified atom stereocenters. The van der Waals surface area contributed by atoms with Crippen molar-refractivity contribution >= 4 is 39.6 Å². The predicted molar refractivity (Wildman–Crippen MR) is 124 cm³/mol. The second-order valence-corrected chi connectivity index (χ2v) is 8.17. The van der Waals surface area contributed by atoms with Gasteiger partial charge in [-0.05, 0) is 18.2 Å². The van der Waals surface area contributed by atoms with Crippen molar-refractivity contribution in [3.63, 3.8) is 0 Å². The minimum Gasteiger partial charge on any atom is -0.493 e. The topological polar surface area (TPSA) is 148 Å². The van der Waals surface area contributed by atoms with Gasteiger partial charge in [-0.25, -0.2) is 0 Å². The van der Waals surface area contributed by atoms with Crippen LogP contribution in [0.3, 0.4) is 0 Å². The van der Waals surface area contributed by atoms with E-state index in [1.165, 1.54) is 33.1 Å². The van der Waals surface area contributed by atoms with Crippen LogP contribution in [0, 0.1) is 0 Å². The third kappa shape index (κ3) is 3.74. The lowest BCUT2D eigenvalue weighted by Crippen LogP contribution is -2.37. The number of hydrogen-bond donors (Lipinski definition) is 3. The lowest BCUT2D eigenvalue weighted by molar-refractivity contribution is 0.324. The van der Waals surface area contributed by atoms with E-state index in [1.807, 2.05) is 0 Å². The lowest BCUT2D eigenvalue weighted by Gasteiger charge is -2.25. The van der Waals surface area contributed by atoms with E-state index < -0.39 is 5.50 Å². The standard InChI is InChI=1S/C20H21ClN6O4S/c1-28-13-7-10(8-14(29-2)15(13)30-3)27-17(23)16(32-20(27)24)19-25-18(26-31-19)11-6-9(22)4-5-12(11)21/h4-8,20H,22-24H2,1-3H3. The largest absolute Gasteiger partial charge is 0.493 e. The molecule has 0 amide bonds. The van der Waals surface area contributed by atoms with E-state index in [0.29, 0.717) is 49.9 Å². The van der Waals surface area contributed by atoms with E-state index in [4.69, 9.17) is 47.5 Å². The predicted octanol–water partition coefficient (Wildman–Crippen LogP) is 3.08. The molecule has 4 rings (SSSR count). The smallest absolute Gasteiger partial charge is 0.268 e. The third-order valence-electron chi connectivity index (χ3n) is 4.76. The van der Waals surface area contributed by atoms with Crippen LogP contribution in [0.4, 0.5) is 11.4 Å². The van der Waals surface area contributed by atoms with Gasteiger partial charge in [0.05, 0.1) is 32.0 Å². The van der Waals surface area contributed by atoms with Crippen molar-refractivity contribution in [1.29, 1.82) is 0 Å². The Balaban J connectivity index is 1.74. The Labute approximate surface area is 193 Å². The van der Waals surface area contributed by atoms with Gasteiger partial charge in [0.2, 0.25) is 11.6 Å². The fourth-order valence-electron chi connectivity index (χ4n) is 3.27. The number of nitrogens with two attached hydrogens (primary N) is 3. The number of methoxy groups -OCH3 is 3. The highest BCUT2D eigenvalue weighted by Crippen LogP contribution is 2.47. The summed E-state index contributed by atoms with van der Waals surface area (Å²) in [4.78, 5) is 6.69. The minimum atomic E-state index is -0.556. The fraction of sp³-hybridized carbons (Fsp3) is 0.200. The maximum Gasteiger partial charge on any atom is 0.268 e. The first kappa shape index (κ1) is 21.9. The average molecular weight is 477 g/mol. The van der Waals surface area contributed by atoms with Crippen LogP contribution in [-0.2, 0) is 0 Å². The molecule has 0 bridgehead atoms. The molecular formula is C20H21ClN6O4S. The highest BCUT2D eigenvalue weighted by atomic mass is 35.5. The third-order valence-corrected chi connectivity index (χ3v) is 6.17. The molecule has 0 aliphatic carbocycles. The van der Waals surface area contributed by atoms with E-state index in [-0.39, 0.29) is 11.7 Å². The van der Waals surface area contributed by atoms with Crippen LogP contribution in [0.25, 0.3) is 16.3 Å². The quantitative estimate of drug-likeness (QED) is 0.450. The number of nitrogens with zero attached hydrogens (tertiary/aromatic N) is 3. The average Bonchev–Trinajstić information content (AvgIpc) is 3.38. The van der Waals surface area contributed by atoms with E-state index in [2.05, 4.69) is 10.1 Å². The Hall–Kier alpha value is -3.28. The molecule has 2 aromatic carbocycles. The molecular weight excluding hydrogens is 456 g/mol. The van der Waals surface area contributed by atoms with Crippen molar-refractivity contribution < 1.29 is 18.7 Å². The van der Waals surface area contributed by atoms with Crippen molar-refractivity contribution in [1.82, 2.24) is 10.1 Å². The Morgan fingerprint density at radius 2 is 1.75 bits per heavy atom. The molecule has 6 N–H and O–H groups in total.